The molecule has 0 saturated carbocycles. The van der Waals surface area contributed by atoms with Crippen molar-refractivity contribution < 1.29 is 20.1 Å². The smallest absolute Gasteiger partial charge is 0.331 e. The minimum atomic E-state index is -1.31. The van der Waals surface area contributed by atoms with E-state index in [2.05, 4.69) is 0 Å². The van der Waals surface area contributed by atoms with E-state index >= 15 is 0 Å². The Bertz CT molecular complexity index is 553. The zero-order valence-electron chi connectivity index (χ0n) is 11.7. The van der Waals surface area contributed by atoms with E-state index in [0.29, 0.717) is 0 Å². The molecule has 0 radical (unpaired) electrons. The van der Waals surface area contributed by atoms with Gasteiger partial charge >= 0.3 is 5.69 Å². The monoisotopic (exact) mass is 287 g/mol. The van der Waals surface area contributed by atoms with Crippen LogP contribution >= 0.6 is 0 Å². The van der Waals surface area contributed by atoms with Crippen molar-refractivity contribution >= 4 is 0 Å². The van der Waals surface area contributed by atoms with Gasteiger partial charge < -0.3 is 20.1 Å². The molecule has 1 fully saturated rings. The average Bonchev–Trinajstić information content (AvgIpc) is 2.75. The molecule has 0 bridgehead atoms. The molecule has 20 heavy (non-hydrogen) atoms. The van der Waals surface area contributed by atoms with Crippen molar-refractivity contribution in [3.8, 4) is 0 Å². The van der Waals surface area contributed by atoms with E-state index in [9.17, 15) is 15.0 Å². The highest BCUT2D eigenvalue weighted by Gasteiger charge is 2.43. The Kier molecular flexibility index (Phi) is 5.63. The first-order valence-electron chi connectivity index (χ1n) is 6.42. The van der Waals surface area contributed by atoms with E-state index in [0.717, 1.165) is 9.13 Å². The fourth-order valence-corrected chi connectivity index (χ4v) is 1.91. The Morgan fingerprint density at radius 2 is 1.95 bits per heavy atom. The SMILES string of the molecule is CC.Cn1c(=N)ccn(C2OC(CO)C(O)C2O)c1=O. The highest BCUT2D eigenvalue weighted by atomic mass is 16.6. The zero-order chi connectivity index (χ0) is 15.4. The molecular weight excluding hydrogens is 266 g/mol. The van der Waals surface area contributed by atoms with Gasteiger partial charge in [0.25, 0.3) is 0 Å². The molecule has 0 aromatic carbocycles. The molecule has 4 atom stereocenters. The van der Waals surface area contributed by atoms with Crippen LogP contribution in [-0.2, 0) is 11.8 Å². The molecule has 2 heterocycles. The molecule has 8 heteroatoms. The van der Waals surface area contributed by atoms with Gasteiger partial charge in [0, 0.05) is 13.2 Å². The normalized spacial score (nSPS) is 28.9. The Morgan fingerprint density at radius 1 is 1.35 bits per heavy atom. The van der Waals surface area contributed by atoms with Crippen LogP contribution in [0.2, 0.25) is 0 Å². The second-order valence-corrected chi connectivity index (χ2v) is 4.18. The van der Waals surface area contributed by atoms with E-state index in [4.69, 9.17) is 15.3 Å². The van der Waals surface area contributed by atoms with Gasteiger partial charge in [0.2, 0.25) is 0 Å². The number of hydrogen-bond donors (Lipinski definition) is 4. The van der Waals surface area contributed by atoms with Crippen LogP contribution in [0.3, 0.4) is 0 Å². The lowest BCUT2D eigenvalue weighted by Gasteiger charge is -2.18. The molecule has 0 aliphatic carbocycles. The molecule has 1 aliphatic heterocycles. The van der Waals surface area contributed by atoms with Crippen molar-refractivity contribution in [1.82, 2.24) is 9.13 Å². The molecule has 1 aliphatic rings. The summed E-state index contributed by atoms with van der Waals surface area (Å²) in [7, 11) is 1.42. The number of ether oxygens (including phenoxy) is 1. The fourth-order valence-electron chi connectivity index (χ4n) is 1.91. The van der Waals surface area contributed by atoms with Gasteiger partial charge in [-0.1, -0.05) is 13.8 Å². The van der Waals surface area contributed by atoms with Crippen LogP contribution in [0.15, 0.2) is 17.1 Å². The summed E-state index contributed by atoms with van der Waals surface area (Å²) in [6.07, 6.45) is -3.26. The van der Waals surface area contributed by atoms with Gasteiger partial charge in [0.05, 0.1) is 6.61 Å². The van der Waals surface area contributed by atoms with E-state index in [1.54, 1.807) is 0 Å². The van der Waals surface area contributed by atoms with Crippen LogP contribution in [-0.4, -0.2) is 49.4 Å². The summed E-state index contributed by atoms with van der Waals surface area (Å²) in [5.41, 5.74) is -0.527. The van der Waals surface area contributed by atoms with Crippen molar-refractivity contribution in [1.29, 1.82) is 5.41 Å². The standard InChI is InChI=1S/C10H15N3O5.C2H6/c1-12-6(11)2-3-13(10(12)17)9-8(16)7(15)5(4-14)18-9;1-2/h2-3,5,7-9,11,14-16H,4H2,1H3;1-2H3. The summed E-state index contributed by atoms with van der Waals surface area (Å²) in [6.45, 7) is 3.55. The quantitative estimate of drug-likeness (QED) is 0.517. The van der Waals surface area contributed by atoms with Crippen LogP contribution < -0.4 is 11.2 Å². The van der Waals surface area contributed by atoms with Gasteiger partial charge in [0.15, 0.2) is 6.23 Å². The summed E-state index contributed by atoms with van der Waals surface area (Å²) in [5.74, 6) is 0. The molecule has 0 spiro atoms. The van der Waals surface area contributed by atoms with Crippen molar-refractivity contribution in [2.24, 2.45) is 7.05 Å². The Labute approximate surface area is 116 Å². The van der Waals surface area contributed by atoms with Gasteiger partial charge in [0.1, 0.15) is 23.8 Å². The van der Waals surface area contributed by atoms with Crippen LogP contribution in [0.4, 0.5) is 0 Å². The summed E-state index contributed by atoms with van der Waals surface area (Å²) in [5, 5.41) is 35.8. The molecule has 2 rings (SSSR count). The lowest BCUT2D eigenvalue weighted by molar-refractivity contribution is -0.0555. The van der Waals surface area contributed by atoms with Crippen LogP contribution in [0.1, 0.15) is 20.1 Å². The maximum atomic E-state index is 11.9. The van der Waals surface area contributed by atoms with Gasteiger partial charge in [-0.15, -0.1) is 0 Å². The summed E-state index contributed by atoms with van der Waals surface area (Å²) in [4.78, 5) is 11.9. The predicted octanol–water partition coefficient (Wildman–Crippen LogP) is -1.70. The Hall–Kier alpha value is -1.48. The van der Waals surface area contributed by atoms with E-state index in [-0.39, 0.29) is 5.49 Å². The molecule has 114 valence electrons. The van der Waals surface area contributed by atoms with Crippen molar-refractivity contribution in [2.45, 2.75) is 38.4 Å². The predicted molar refractivity (Wildman–Crippen MR) is 69.9 cm³/mol. The number of nitrogens with zero attached hydrogens (tertiary/aromatic N) is 2. The number of nitrogens with one attached hydrogen (secondary N) is 1. The van der Waals surface area contributed by atoms with E-state index in [1.165, 1.54) is 19.3 Å². The first-order valence-corrected chi connectivity index (χ1v) is 6.42. The zero-order valence-corrected chi connectivity index (χ0v) is 11.7. The first kappa shape index (κ1) is 16.6. The van der Waals surface area contributed by atoms with E-state index < -0.39 is 36.8 Å². The largest absolute Gasteiger partial charge is 0.394 e. The lowest BCUT2D eigenvalue weighted by Crippen LogP contribution is -2.41. The number of aromatic nitrogens is 2. The second-order valence-electron chi connectivity index (χ2n) is 4.18. The maximum Gasteiger partial charge on any atom is 0.331 e. The first-order chi connectivity index (χ1) is 9.47. The summed E-state index contributed by atoms with van der Waals surface area (Å²) >= 11 is 0. The third-order valence-corrected chi connectivity index (χ3v) is 3.05. The Morgan fingerprint density at radius 3 is 2.45 bits per heavy atom. The Balaban J connectivity index is 0.000000956. The molecule has 4 N–H and O–H groups in total. The van der Waals surface area contributed by atoms with Gasteiger partial charge in [-0.3, -0.25) is 14.5 Å². The van der Waals surface area contributed by atoms with Crippen LogP contribution in [0.25, 0.3) is 0 Å². The molecule has 1 aromatic rings. The summed E-state index contributed by atoms with van der Waals surface area (Å²) in [6, 6.07) is 1.37. The topological polar surface area (TPSA) is 121 Å². The second kappa shape index (κ2) is 6.80. The average molecular weight is 287 g/mol. The van der Waals surface area contributed by atoms with Crippen LogP contribution in [0.5, 0.6) is 0 Å². The maximum absolute atomic E-state index is 11.9. The highest BCUT2D eigenvalue weighted by Crippen LogP contribution is 2.27. The molecule has 4 unspecified atom stereocenters. The molecule has 0 amide bonds. The van der Waals surface area contributed by atoms with Crippen LogP contribution in [0, 0.1) is 5.41 Å². The minimum Gasteiger partial charge on any atom is -0.394 e. The molecule has 1 saturated heterocycles. The van der Waals surface area contributed by atoms with Crippen molar-refractivity contribution in [3.63, 3.8) is 0 Å². The molecular formula is C12H21N3O5. The molecule has 8 nitrogen and oxygen atoms in total. The summed E-state index contributed by atoms with van der Waals surface area (Å²) < 4.78 is 7.40. The highest BCUT2D eigenvalue weighted by molar-refractivity contribution is 4.93. The number of aliphatic hydroxyl groups is 3. The van der Waals surface area contributed by atoms with Crippen molar-refractivity contribution in [3.05, 3.63) is 28.2 Å². The number of rotatable bonds is 2. The van der Waals surface area contributed by atoms with Gasteiger partial charge in [-0.05, 0) is 6.07 Å². The van der Waals surface area contributed by atoms with Gasteiger partial charge in [-0.2, -0.15) is 0 Å². The third-order valence-electron chi connectivity index (χ3n) is 3.05. The fraction of sp³-hybridized carbons (Fsp3) is 0.667. The molecule has 1 aromatic heterocycles. The number of hydrogen-bond acceptors (Lipinski definition) is 6. The van der Waals surface area contributed by atoms with Crippen molar-refractivity contribution in [2.75, 3.05) is 6.61 Å². The number of aliphatic hydroxyl groups excluding tert-OH is 3. The van der Waals surface area contributed by atoms with E-state index in [1.807, 2.05) is 13.8 Å². The third kappa shape index (κ3) is 2.83. The minimum absolute atomic E-state index is 0.0167. The van der Waals surface area contributed by atoms with Gasteiger partial charge in [-0.25, -0.2) is 4.79 Å². The lowest BCUT2D eigenvalue weighted by atomic mass is 10.1.